The lowest BCUT2D eigenvalue weighted by atomic mass is 9.95. The first-order chi connectivity index (χ1) is 6.31. The molecule has 1 unspecified atom stereocenters. The smallest absolute Gasteiger partial charge is 0.144 e. The Hall–Kier alpha value is -1.12. The summed E-state index contributed by atoms with van der Waals surface area (Å²) >= 11 is 0. The van der Waals surface area contributed by atoms with Gasteiger partial charge in [0.25, 0.3) is 0 Å². The quantitative estimate of drug-likeness (QED) is 0.483. The third-order valence-electron chi connectivity index (χ3n) is 2.18. The van der Waals surface area contributed by atoms with E-state index < -0.39 is 5.60 Å². The Morgan fingerprint density at radius 1 is 1.23 bits per heavy atom. The molecule has 0 radical (unpaired) electrons. The first-order valence-corrected chi connectivity index (χ1v) is 4.35. The molecule has 2 nitrogen and oxygen atoms in total. The van der Waals surface area contributed by atoms with Gasteiger partial charge in [-0.15, -0.1) is 0 Å². The van der Waals surface area contributed by atoms with E-state index in [9.17, 15) is 0 Å². The summed E-state index contributed by atoms with van der Waals surface area (Å²) in [5, 5.41) is 0. The van der Waals surface area contributed by atoms with Crippen LogP contribution in [0.5, 0.6) is 0 Å². The maximum absolute atomic E-state index is 5.26. The van der Waals surface area contributed by atoms with E-state index in [1.165, 1.54) is 0 Å². The predicted octanol–water partition coefficient (Wildman–Crippen LogP) is 2.42. The lowest BCUT2D eigenvalue weighted by Crippen LogP contribution is -2.26. The average Bonchev–Trinajstić information content (AvgIpc) is 2.20. The molecule has 1 heterocycles. The summed E-state index contributed by atoms with van der Waals surface area (Å²) in [6, 6.07) is 10.0. The van der Waals surface area contributed by atoms with Crippen molar-refractivity contribution in [3.05, 3.63) is 48.0 Å². The summed E-state index contributed by atoms with van der Waals surface area (Å²) in [5.74, 6) is 0. The van der Waals surface area contributed by atoms with Gasteiger partial charge in [0, 0.05) is 0 Å². The largest absolute Gasteiger partial charge is 0.231 e. The van der Waals surface area contributed by atoms with Crippen LogP contribution in [0, 0.1) is 0 Å². The zero-order valence-electron chi connectivity index (χ0n) is 7.57. The lowest BCUT2D eigenvalue weighted by Gasteiger charge is -2.27. The van der Waals surface area contributed by atoms with Crippen molar-refractivity contribution in [3.63, 3.8) is 0 Å². The maximum Gasteiger partial charge on any atom is 0.144 e. The fourth-order valence-electron chi connectivity index (χ4n) is 1.41. The van der Waals surface area contributed by atoms with Gasteiger partial charge in [0.15, 0.2) is 0 Å². The minimum atomic E-state index is -0.431. The van der Waals surface area contributed by atoms with E-state index in [4.69, 9.17) is 9.78 Å². The second kappa shape index (κ2) is 3.32. The SMILES string of the molecule is CC1(c2ccccc2)C=CCOO1. The molecule has 2 heteroatoms. The molecule has 1 atom stereocenters. The maximum atomic E-state index is 5.26. The van der Waals surface area contributed by atoms with Crippen LogP contribution < -0.4 is 0 Å². The molecule has 0 fully saturated rings. The van der Waals surface area contributed by atoms with Gasteiger partial charge in [-0.1, -0.05) is 36.4 Å². The van der Waals surface area contributed by atoms with E-state index in [0.29, 0.717) is 6.61 Å². The molecule has 13 heavy (non-hydrogen) atoms. The number of benzene rings is 1. The highest BCUT2D eigenvalue weighted by Crippen LogP contribution is 2.28. The minimum Gasteiger partial charge on any atom is -0.231 e. The molecule has 0 aliphatic carbocycles. The monoisotopic (exact) mass is 176 g/mol. The highest BCUT2D eigenvalue weighted by molar-refractivity contribution is 5.26. The second-order valence-electron chi connectivity index (χ2n) is 3.24. The Balaban J connectivity index is 2.34. The van der Waals surface area contributed by atoms with Crippen LogP contribution in [0.1, 0.15) is 12.5 Å². The molecule has 0 amide bonds. The highest BCUT2D eigenvalue weighted by Gasteiger charge is 2.27. The summed E-state index contributed by atoms with van der Waals surface area (Å²) in [7, 11) is 0. The van der Waals surface area contributed by atoms with Crippen LogP contribution in [0.2, 0.25) is 0 Å². The van der Waals surface area contributed by atoms with Gasteiger partial charge in [-0.25, -0.2) is 9.78 Å². The predicted molar refractivity (Wildman–Crippen MR) is 50.0 cm³/mol. The molecule has 68 valence electrons. The van der Waals surface area contributed by atoms with E-state index in [1.54, 1.807) is 0 Å². The van der Waals surface area contributed by atoms with Crippen LogP contribution >= 0.6 is 0 Å². The second-order valence-corrected chi connectivity index (χ2v) is 3.24. The van der Waals surface area contributed by atoms with Crippen molar-refractivity contribution in [1.29, 1.82) is 0 Å². The Morgan fingerprint density at radius 3 is 2.62 bits per heavy atom. The van der Waals surface area contributed by atoms with Crippen molar-refractivity contribution in [2.24, 2.45) is 0 Å². The fourth-order valence-corrected chi connectivity index (χ4v) is 1.41. The third-order valence-corrected chi connectivity index (χ3v) is 2.18. The van der Waals surface area contributed by atoms with Gasteiger partial charge < -0.3 is 0 Å². The average molecular weight is 176 g/mol. The zero-order valence-corrected chi connectivity index (χ0v) is 7.57. The van der Waals surface area contributed by atoms with Crippen molar-refractivity contribution >= 4 is 0 Å². The first-order valence-electron chi connectivity index (χ1n) is 4.35. The Morgan fingerprint density at radius 2 is 2.00 bits per heavy atom. The Labute approximate surface area is 77.7 Å². The van der Waals surface area contributed by atoms with Crippen LogP contribution in [0.15, 0.2) is 42.5 Å². The van der Waals surface area contributed by atoms with Crippen molar-refractivity contribution in [2.75, 3.05) is 6.61 Å². The fraction of sp³-hybridized carbons (Fsp3) is 0.273. The molecular formula is C11H12O2. The van der Waals surface area contributed by atoms with Crippen LogP contribution in [-0.2, 0) is 15.4 Å². The van der Waals surface area contributed by atoms with E-state index in [0.717, 1.165) is 5.56 Å². The van der Waals surface area contributed by atoms with E-state index in [-0.39, 0.29) is 0 Å². The van der Waals surface area contributed by atoms with Crippen LogP contribution in [0.25, 0.3) is 0 Å². The number of rotatable bonds is 1. The van der Waals surface area contributed by atoms with E-state index in [1.807, 2.05) is 49.4 Å². The molecule has 2 rings (SSSR count). The minimum absolute atomic E-state index is 0.431. The summed E-state index contributed by atoms with van der Waals surface area (Å²) in [4.78, 5) is 10.2. The summed E-state index contributed by atoms with van der Waals surface area (Å²) < 4.78 is 0. The van der Waals surface area contributed by atoms with Gasteiger partial charge >= 0.3 is 0 Å². The highest BCUT2D eigenvalue weighted by atomic mass is 17.2. The molecule has 0 aromatic heterocycles. The molecule has 0 N–H and O–H groups in total. The van der Waals surface area contributed by atoms with E-state index in [2.05, 4.69) is 0 Å². The molecule has 0 saturated carbocycles. The summed E-state index contributed by atoms with van der Waals surface area (Å²) in [6.07, 6.45) is 3.99. The molecule has 1 aromatic rings. The molecule has 0 bridgehead atoms. The summed E-state index contributed by atoms with van der Waals surface area (Å²) in [5.41, 5.74) is 0.672. The van der Waals surface area contributed by atoms with Gasteiger partial charge in [-0.05, 0) is 18.6 Å². The van der Waals surface area contributed by atoms with Crippen LogP contribution in [0.3, 0.4) is 0 Å². The Bertz CT molecular complexity index is 305. The lowest BCUT2D eigenvalue weighted by molar-refractivity contribution is -0.349. The Kier molecular flexibility index (Phi) is 2.17. The van der Waals surface area contributed by atoms with Gasteiger partial charge in [-0.2, -0.15) is 0 Å². The van der Waals surface area contributed by atoms with E-state index >= 15 is 0 Å². The topological polar surface area (TPSA) is 18.5 Å². The van der Waals surface area contributed by atoms with Crippen molar-refractivity contribution in [3.8, 4) is 0 Å². The molecule has 1 aromatic carbocycles. The standard InChI is InChI=1S/C11H12O2/c1-11(8-5-9-12-13-11)10-6-3-2-4-7-10/h2-8H,9H2,1H3. The zero-order chi connectivity index (χ0) is 9.15. The normalized spacial score (nSPS) is 27.5. The third kappa shape index (κ3) is 1.64. The number of hydrogen-bond acceptors (Lipinski definition) is 2. The molecule has 0 spiro atoms. The molecule has 0 saturated heterocycles. The van der Waals surface area contributed by atoms with Crippen LogP contribution in [0.4, 0.5) is 0 Å². The first kappa shape index (κ1) is 8.48. The number of hydrogen-bond donors (Lipinski definition) is 0. The van der Waals surface area contributed by atoms with Crippen molar-refractivity contribution < 1.29 is 9.78 Å². The van der Waals surface area contributed by atoms with Crippen molar-refractivity contribution in [2.45, 2.75) is 12.5 Å². The van der Waals surface area contributed by atoms with Gasteiger partial charge in [-0.3, -0.25) is 0 Å². The van der Waals surface area contributed by atoms with Gasteiger partial charge in [0.1, 0.15) is 12.2 Å². The molecular weight excluding hydrogens is 164 g/mol. The van der Waals surface area contributed by atoms with Gasteiger partial charge in [0.2, 0.25) is 0 Å². The molecule has 1 aliphatic heterocycles. The van der Waals surface area contributed by atoms with Gasteiger partial charge in [0.05, 0.1) is 0 Å². The van der Waals surface area contributed by atoms with Crippen molar-refractivity contribution in [1.82, 2.24) is 0 Å². The van der Waals surface area contributed by atoms with Crippen LogP contribution in [-0.4, -0.2) is 6.61 Å². The summed E-state index contributed by atoms with van der Waals surface area (Å²) in [6.45, 7) is 2.51. The molecule has 1 aliphatic rings.